The number of hydrogen-bond donors (Lipinski definition) is 0. The first-order valence-electron chi connectivity index (χ1n) is 6.03. The Balaban J connectivity index is 2.73. The van der Waals surface area contributed by atoms with Crippen LogP contribution < -0.4 is 0 Å². The smallest absolute Gasteiger partial charge is 0.119 e. The molecule has 3 heteroatoms. The molecule has 1 rings (SSSR count). The largest absolute Gasteiger partial charge is 0.337 e. The van der Waals surface area contributed by atoms with Gasteiger partial charge in [0.2, 0.25) is 0 Å². The zero-order valence-corrected chi connectivity index (χ0v) is 10.9. The Morgan fingerprint density at radius 1 is 1.07 bits per heavy atom. The number of nitrogens with zero attached hydrogens (tertiary/aromatic N) is 3. The van der Waals surface area contributed by atoms with Crippen LogP contribution in [0.1, 0.15) is 48.0 Å². The van der Waals surface area contributed by atoms with Crippen LogP contribution in [0.5, 0.6) is 0 Å². The van der Waals surface area contributed by atoms with Crippen LogP contribution in [-0.2, 0) is 0 Å². The van der Waals surface area contributed by atoms with Crippen LogP contribution in [-0.4, -0.2) is 34.5 Å². The fourth-order valence-corrected chi connectivity index (χ4v) is 2.02. The Kier molecular flexibility index (Phi) is 4.00. The molecule has 1 heterocycles. The molecule has 0 radical (unpaired) electrons. The molecule has 0 saturated carbocycles. The molecular formula is C12H25N3. The van der Waals surface area contributed by atoms with Crippen LogP contribution >= 0.6 is 0 Å². The molecular weight excluding hydrogens is 186 g/mol. The van der Waals surface area contributed by atoms with E-state index in [4.69, 9.17) is 0 Å². The van der Waals surface area contributed by atoms with Gasteiger partial charge in [-0.3, -0.25) is 5.01 Å². The minimum absolute atomic E-state index is 0.449. The average Bonchev–Trinajstić information content (AvgIpc) is 2.46. The number of hydrazone groups is 1. The highest BCUT2D eigenvalue weighted by atomic mass is 15.6. The highest BCUT2D eigenvalue weighted by Gasteiger charge is 2.31. The Morgan fingerprint density at radius 2 is 1.67 bits per heavy atom. The summed E-state index contributed by atoms with van der Waals surface area (Å²) in [6, 6.07) is 1.01. The van der Waals surface area contributed by atoms with E-state index in [2.05, 4.69) is 56.6 Å². The maximum atomic E-state index is 4.51. The van der Waals surface area contributed by atoms with E-state index >= 15 is 0 Å². The van der Waals surface area contributed by atoms with Crippen LogP contribution in [0.15, 0.2) is 5.10 Å². The molecule has 0 N–H and O–H groups in total. The molecule has 1 aliphatic rings. The van der Waals surface area contributed by atoms with Crippen molar-refractivity contribution in [3.05, 3.63) is 0 Å². The van der Waals surface area contributed by atoms with Gasteiger partial charge in [-0.25, -0.2) is 0 Å². The molecule has 3 nitrogen and oxygen atoms in total. The van der Waals surface area contributed by atoms with Crippen molar-refractivity contribution in [2.24, 2.45) is 11.0 Å². The van der Waals surface area contributed by atoms with Crippen molar-refractivity contribution in [1.82, 2.24) is 9.91 Å². The van der Waals surface area contributed by atoms with E-state index in [1.807, 2.05) is 6.34 Å². The zero-order valence-electron chi connectivity index (χ0n) is 10.9. The highest BCUT2D eigenvalue weighted by Crippen LogP contribution is 2.23. The Morgan fingerprint density at radius 3 is 2.07 bits per heavy atom. The van der Waals surface area contributed by atoms with E-state index < -0.39 is 0 Å². The summed E-state index contributed by atoms with van der Waals surface area (Å²) < 4.78 is 0. The van der Waals surface area contributed by atoms with E-state index in [1.54, 1.807) is 0 Å². The molecule has 0 aromatic heterocycles. The molecule has 0 amide bonds. The normalized spacial score (nSPS) is 21.5. The van der Waals surface area contributed by atoms with Crippen LogP contribution in [0.2, 0.25) is 0 Å². The summed E-state index contributed by atoms with van der Waals surface area (Å²) in [7, 11) is 0. The van der Waals surface area contributed by atoms with Crippen molar-refractivity contribution < 1.29 is 0 Å². The lowest BCUT2D eigenvalue weighted by Gasteiger charge is -2.36. The van der Waals surface area contributed by atoms with Gasteiger partial charge >= 0.3 is 0 Å². The lowest BCUT2D eigenvalue weighted by atomic mass is 10.1. The molecule has 0 saturated heterocycles. The molecule has 1 aliphatic heterocycles. The van der Waals surface area contributed by atoms with Crippen molar-refractivity contribution in [2.75, 3.05) is 0 Å². The van der Waals surface area contributed by atoms with Crippen molar-refractivity contribution in [2.45, 2.75) is 66.2 Å². The number of rotatable bonds is 4. The van der Waals surface area contributed by atoms with Crippen molar-refractivity contribution in [3.8, 4) is 0 Å². The predicted octanol–water partition coefficient (Wildman–Crippen LogP) is 2.74. The maximum absolute atomic E-state index is 4.51. The molecule has 88 valence electrons. The molecule has 0 aliphatic carbocycles. The van der Waals surface area contributed by atoms with Gasteiger partial charge in [-0.05, 0) is 40.0 Å². The highest BCUT2D eigenvalue weighted by molar-refractivity contribution is 5.57. The van der Waals surface area contributed by atoms with Crippen molar-refractivity contribution in [1.29, 1.82) is 0 Å². The Labute approximate surface area is 94.1 Å². The van der Waals surface area contributed by atoms with Crippen LogP contribution in [0.4, 0.5) is 0 Å². The van der Waals surface area contributed by atoms with Gasteiger partial charge in [0, 0.05) is 12.1 Å². The second-order valence-electron chi connectivity index (χ2n) is 5.36. The fraction of sp³-hybridized carbons (Fsp3) is 0.917. The van der Waals surface area contributed by atoms with E-state index in [9.17, 15) is 0 Å². The molecule has 0 aromatic carbocycles. The zero-order chi connectivity index (χ0) is 11.6. The third-order valence-electron chi connectivity index (χ3n) is 2.78. The summed E-state index contributed by atoms with van der Waals surface area (Å²) in [4.78, 5) is 2.36. The summed E-state index contributed by atoms with van der Waals surface area (Å²) in [5.41, 5.74) is 0. The summed E-state index contributed by atoms with van der Waals surface area (Å²) >= 11 is 0. The first-order chi connectivity index (χ1) is 6.93. The molecule has 0 fully saturated rings. The Hall–Kier alpha value is -0.730. The van der Waals surface area contributed by atoms with Gasteiger partial charge in [0.1, 0.15) is 12.5 Å². The lowest BCUT2D eigenvalue weighted by Crippen LogP contribution is -2.46. The van der Waals surface area contributed by atoms with Gasteiger partial charge in [-0.2, -0.15) is 5.10 Å². The van der Waals surface area contributed by atoms with E-state index in [0.29, 0.717) is 24.2 Å². The first-order valence-corrected chi connectivity index (χ1v) is 6.03. The second-order valence-corrected chi connectivity index (χ2v) is 5.36. The van der Waals surface area contributed by atoms with Gasteiger partial charge in [-0.1, -0.05) is 13.8 Å². The van der Waals surface area contributed by atoms with Crippen LogP contribution in [0, 0.1) is 5.92 Å². The quantitative estimate of drug-likeness (QED) is 0.712. The van der Waals surface area contributed by atoms with Crippen molar-refractivity contribution in [3.63, 3.8) is 0 Å². The van der Waals surface area contributed by atoms with Gasteiger partial charge < -0.3 is 4.90 Å². The van der Waals surface area contributed by atoms with E-state index in [0.717, 1.165) is 0 Å². The van der Waals surface area contributed by atoms with E-state index in [1.165, 1.54) is 6.42 Å². The number of hydrogen-bond acceptors (Lipinski definition) is 3. The Bertz CT molecular complexity index is 203. The molecule has 0 bridgehead atoms. The summed E-state index contributed by atoms with van der Waals surface area (Å²) in [6.45, 7) is 13.4. The van der Waals surface area contributed by atoms with Crippen LogP contribution in [0.3, 0.4) is 0 Å². The van der Waals surface area contributed by atoms with E-state index in [-0.39, 0.29) is 0 Å². The SMILES string of the molecule is CC(C)CC1N(C(C)C)C=NN1C(C)C. The van der Waals surface area contributed by atoms with Gasteiger partial charge in [0.15, 0.2) is 0 Å². The maximum Gasteiger partial charge on any atom is 0.119 e. The van der Waals surface area contributed by atoms with Gasteiger partial charge in [0.05, 0.1) is 0 Å². The average molecular weight is 211 g/mol. The third-order valence-corrected chi connectivity index (χ3v) is 2.78. The lowest BCUT2D eigenvalue weighted by molar-refractivity contribution is 0.0682. The third kappa shape index (κ3) is 2.86. The predicted molar refractivity (Wildman–Crippen MR) is 65.7 cm³/mol. The van der Waals surface area contributed by atoms with Gasteiger partial charge in [-0.15, -0.1) is 0 Å². The summed E-state index contributed by atoms with van der Waals surface area (Å²) in [5, 5.41) is 6.73. The molecule has 1 unspecified atom stereocenters. The molecule has 0 spiro atoms. The first kappa shape index (κ1) is 12.3. The topological polar surface area (TPSA) is 18.8 Å². The van der Waals surface area contributed by atoms with Crippen LogP contribution in [0.25, 0.3) is 0 Å². The fourth-order valence-electron chi connectivity index (χ4n) is 2.02. The van der Waals surface area contributed by atoms with Gasteiger partial charge in [0.25, 0.3) is 0 Å². The second kappa shape index (κ2) is 4.86. The minimum atomic E-state index is 0.449. The molecule has 0 aromatic rings. The van der Waals surface area contributed by atoms with Crippen molar-refractivity contribution >= 4 is 6.34 Å². The minimum Gasteiger partial charge on any atom is -0.337 e. The summed E-state index contributed by atoms with van der Waals surface area (Å²) in [6.07, 6.45) is 3.62. The monoisotopic (exact) mass is 211 g/mol. The standard InChI is InChI=1S/C12H25N3/c1-9(2)7-12-14(10(3)4)8-13-15(12)11(5)6/h8-12H,7H2,1-6H3. The molecule has 15 heavy (non-hydrogen) atoms. The summed E-state index contributed by atoms with van der Waals surface area (Å²) in [5.74, 6) is 0.708. The molecule has 1 atom stereocenters.